The van der Waals surface area contributed by atoms with Gasteiger partial charge in [0.05, 0.1) is 4.92 Å². The minimum Gasteiger partial charge on any atom is -0.424 e. The van der Waals surface area contributed by atoms with Gasteiger partial charge in [0.1, 0.15) is 0 Å². The number of aryl methyl sites for hydroxylation is 1. The first kappa shape index (κ1) is 21.7. The number of nitrogens with zero attached hydrogens (tertiary/aromatic N) is 2. The lowest BCUT2D eigenvalue weighted by Crippen LogP contribution is -2.15. The van der Waals surface area contributed by atoms with Crippen LogP contribution < -0.4 is 10.8 Å². The van der Waals surface area contributed by atoms with Crippen LogP contribution in [0.1, 0.15) is 22.6 Å². The van der Waals surface area contributed by atoms with Crippen LogP contribution in [0, 0.1) is 17.0 Å². The molecule has 1 N–H and O–H groups in total. The molecule has 0 radical (unpaired) electrons. The van der Waals surface area contributed by atoms with Crippen LogP contribution in [0.5, 0.6) is 0 Å². The Kier molecular flexibility index (Phi) is 6.66. The van der Waals surface area contributed by atoms with Gasteiger partial charge in [-0.2, -0.15) is 0 Å². The largest absolute Gasteiger partial charge is 0.424 e. The van der Waals surface area contributed by atoms with E-state index >= 15 is 0 Å². The maximum atomic E-state index is 12.9. The number of hydrogen-bond donors (Lipinski definition) is 1. The van der Waals surface area contributed by atoms with Gasteiger partial charge >= 0.3 is 7.60 Å². The predicted molar refractivity (Wildman–Crippen MR) is 112 cm³/mol. The van der Waals surface area contributed by atoms with Gasteiger partial charge < -0.3 is 18.8 Å². The van der Waals surface area contributed by atoms with Crippen LogP contribution >= 0.6 is 7.60 Å². The lowest BCUT2D eigenvalue weighted by Gasteiger charge is -2.12. The molecular weight excluding hydrogens is 409 g/mol. The highest BCUT2D eigenvalue weighted by Gasteiger charge is 2.34. The van der Waals surface area contributed by atoms with Crippen LogP contribution in [0.4, 0.5) is 11.6 Å². The highest BCUT2D eigenvalue weighted by molar-refractivity contribution is 7.62. The number of nitro groups is 1. The molecule has 0 aliphatic rings. The zero-order valence-corrected chi connectivity index (χ0v) is 17.7. The molecule has 3 rings (SSSR count). The monoisotopic (exact) mass is 431 g/mol. The molecule has 0 bridgehead atoms. The minimum atomic E-state index is -3.66. The molecule has 0 aliphatic heterocycles. The first-order valence-electron chi connectivity index (χ1n) is 9.09. The fraction of sp³-hybridized carbons (Fsp3) is 0.250. The Morgan fingerprint density at radius 1 is 1.07 bits per heavy atom. The summed E-state index contributed by atoms with van der Waals surface area (Å²) in [5.41, 5.74) is 2.95. The smallest absolute Gasteiger partial charge is 0.384 e. The molecule has 0 amide bonds. The van der Waals surface area contributed by atoms with Crippen LogP contribution in [0.2, 0.25) is 0 Å². The van der Waals surface area contributed by atoms with Gasteiger partial charge in [-0.1, -0.05) is 42.0 Å². The Morgan fingerprint density at radius 3 is 2.23 bits per heavy atom. The topological polar surface area (TPSA) is 117 Å². The Morgan fingerprint density at radius 2 is 1.67 bits per heavy atom. The molecule has 2 aromatic carbocycles. The molecule has 0 saturated heterocycles. The predicted octanol–water partition coefficient (Wildman–Crippen LogP) is 4.21. The molecular formula is C20H22N3O6P. The van der Waals surface area contributed by atoms with E-state index < -0.39 is 12.5 Å². The van der Waals surface area contributed by atoms with Crippen molar-refractivity contribution in [3.63, 3.8) is 0 Å². The second kappa shape index (κ2) is 9.21. The van der Waals surface area contributed by atoms with Crippen LogP contribution in [0.15, 0.2) is 52.9 Å². The summed E-state index contributed by atoms with van der Waals surface area (Å²) in [5.74, 6) is 0.471. The summed E-state index contributed by atoms with van der Waals surface area (Å²) in [6, 6.07) is 14.0. The fourth-order valence-corrected chi connectivity index (χ4v) is 3.88. The second-order valence-corrected chi connectivity index (χ2v) is 8.71. The number of rotatable bonds is 9. The Bertz CT molecular complexity index is 1060. The number of benzene rings is 2. The zero-order valence-electron chi connectivity index (χ0n) is 16.8. The SMILES string of the molecule is COP(=O)(OC)c1nc(Cc2ccc([N+](=O)[O-])cc2)oc1NCc1ccc(C)cc1. The molecule has 10 heteroatoms. The fourth-order valence-electron chi connectivity index (χ4n) is 2.78. The minimum absolute atomic E-state index is 0.00411. The van der Waals surface area contributed by atoms with E-state index in [1.54, 1.807) is 12.1 Å². The summed E-state index contributed by atoms with van der Waals surface area (Å²) in [7, 11) is -1.11. The lowest BCUT2D eigenvalue weighted by atomic mass is 10.1. The van der Waals surface area contributed by atoms with Gasteiger partial charge in [0.2, 0.25) is 17.2 Å². The highest BCUT2D eigenvalue weighted by atomic mass is 31.2. The van der Waals surface area contributed by atoms with Crippen molar-refractivity contribution in [3.05, 3.63) is 81.2 Å². The molecule has 0 unspecified atom stereocenters. The van der Waals surface area contributed by atoms with Crippen molar-refractivity contribution in [1.82, 2.24) is 4.98 Å². The average Bonchev–Trinajstić information content (AvgIpc) is 3.16. The number of non-ortho nitro benzene ring substituents is 1. The van der Waals surface area contributed by atoms with Gasteiger partial charge in [0.15, 0.2) is 0 Å². The van der Waals surface area contributed by atoms with E-state index in [2.05, 4.69) is 10.3 Å². The van der Waals surface area contributed by atoms with E-state index in [1.165, 1.54) is 26.4 Å². The molecule has 0 fully saturated rings. The van der Waals surface area contributed by atoms with Crippen molar-refractivity contribution < 1.29 is 23.0 Å². The maximum Gasteiger partial charge on any atom is 0.384 e. The van der Waals surface area contributed by atoms with Gasteiger partial charge in [-0.15, -0.1) is 0 Å². The molecule has 0 saturated carbocycles. The summed E-state index contributed by atoms with van der Waals surface area (Å²) >= 11 is 0. The number of oxazole rings is 1. The van der Waals surface area contributed by atoms with Crippen molar-refractivity contribution >= 4 is 24.6 Å². The van der Waals surface area contributed by atoms with Crippen molar-refractivity contribution in [1.29, 1.82) is 0 Å². The van der Waals surface area contributed by atoms with Gasteiger partial charge in [0.25, 0.3) is 5.69 Å². The Balaban J connectivity index is 1.86. The van der Waals surface area contributed by atoms with Crippen LogP contribution in [-0.2, 0) is 26.6 Å². The van der Waals surface area contributed by atoms with Crippen molar-refractivity contribution in [3.8, 4) is 0 Å². The summed E-state index contributed by atoms with van der Waals surface area (Å²) in [6.45, 7) is 2.43. The van der Waals surface area contributed by atoms with Crippen LogP contribution in [0.25, 0.3) is 0 Å². The highest BCUT2D eigenvalue weighted by Crippen LogP contribution is 2.47. The third-order valence-corrected chi connectivity index (χ3v) is 6.25. The number of hydrogen-bond acceptors (Lipinski definition) is 8. The quantitative estimate of drug-likeness (QED) is 0.304. The normalized spacial score (nSPS) is 11.4. The molecule has 0 aliphatic carbocycles. The van der Waals surface area contributed by atoms with E-state index in [0.29, 0.717) is 6.54 Å². The van der Waals surface area contributed by atoms with Crippen molar-refractivity contribution in [2.75, 3.05) is 19.5 Å². The molecule has 1 aromatic heterocycles. The van der Waals surface area contributed by atoms with Crippen LogP contribution in [-0.4, -0.2) is 24.1 Å². The number of nitro benzene ring substituents is 1. The number of anilines is 1. The third-order valence-electron chi connectivity index (χ3n) is 4.47. The Labute approximate surface area is 173 Å². The standard InChI is InChI=1S/C20H22N3O6P/c1-14-4-6-16(7-5-14)13-21-19-20(30(26,27-2)28-3)22-18(29-19)12-15-8-10-17(11-9-15)23(24)25/h4-11,21H,12-13H2,1-3H3. The van der Waals surface area contributed by atoms with Crippen molar-refractivity contribution in [2.45, 2.75) is 19.9 Å². The molecule has 9 nitrogen and oxygen atoms in total. The van der Waals surface area contributed by atoms with E-state index in [-0.39, 0.29) is 29.3 Å². The van der Waals surface area contributed by atoms with Crippen LogP contribution in [0.3, 0.4) is 0 Å². The second-order valence-electron chi connectivity index (χ2n) is 6.56. The summed E-state index contributed by atoms with van der Waals surface area (Å²) < 4.78 is 28.9. The van der Waals surface area contributed by atoms with E-state index in [4.69, 9.17) is 13.5 Å². The molecule has 0 atom stereocenters. The zero-order chi connectivity index (χ0) is 21.7. The van der Waals surface area contributed by atoms with E-state index in [1.807, 2.05) is 31.2 Å². The first-order valence-corrected chi connectivity index (χ1v) is 10.6. The number of nitrogens with one attached hydrogen (secondary N) is 1. The van der Waals surface area contributed by atoms with Gasteiger partial charge in [-0.05, 0) is 18.1 Å². The lowest BCUT2D eigenvalue weighted by molar-refractivity contribution is -0.384. The van der Waals surface area contributed by atoms with Gasteiger partial charge in [-0.25, -0.2) is 4.98 Å². The summed E-state index contributed by atoms with van der Waals surface area (Å²) in [4.78, 5) is 14.7. The molecule has 158 valence electrons. The molecule has 0 spiro atoms. The summed E-state index contributed by atoms with van der Waals surface area (Å²) in [5, 5.41) is 13.9. The molecule has 1 heterocycles. The van der Waals surface area contributed by atoms with E-state index in [0.717, 1.165) is 16.7 Å². The summed E-state index contributed by atoms with van der Waals surface area (Å²) in [6.07, 6.45) is 0.255. The maximum absolute atomic E-state index is 12.9. The average molecular weight is 431 g/mol. The van der Waals surface area contributed by atoms with E-state index in [9.17, 15) is 14.7 Å². The van der Waals surface area contributed by atoms with Gasteiger partial charge in [0, 0.05) is 39.3 Å². The van der Waals surface area contributed by atoms with Gasteiger partial charge in [-0.3, -0.25) is 14.7 Å². The third kappa shape index (κ3) is 4.94. The first-order chi connectivity index (χ1) is 14.3. The Hall–Kier alpha value is -3.00. The molecule has 3 aromatic rings. The number of aromatic nitrogens is 1. The molecule has 30 heavy (non-hydrogen) atoms. The van der Waals surface area contributed by atoms with Crippen molar-refractivity contribution in [2.24, 2.45) is 0 Å².